The van der Waals surface area contributed by atoms with Gasteiger partial charge in [-0.05, 0) is 36.2 Å². The second kappa shape index (κ2) is 7.53. The quantitative estimate of drug-likeness (QED) is 0.514. The Labute approximate surface area is 148 Å². The lowest BCUT2D eigenvalue weighted by Crippen LogP contribution is -2.25. The van der Waals surface area contributed by atoms with Gasteiger partial charge in [-0.15, -0.1) is 0 Å². The third kappa shape index (κ3) is 4.70. The van der Waals surface area contributed by atoms with Gasteiger partial charge in [0.2, 0.25) is 5.91 Å². The van der Waals surface area contributed by atoms with E-state index < -0.39 is 28.3 Å². The van der Waals surface area contributed by atoms with Crippen molar-refractivity contribution < 1.29 is 22.4 Å². The molecule has 1 N–H and O–H groups in total. The molecule has 0 heterocycles. The predicted octanol–water partition coefficient (Wildman–Crippen LogP) is 5.44. The number of rotatable bonds is 4. The van der Waals surface area contributed by atoms with Crippen molar-refractivity contribution >= 4 is 39.1 Å². The lowest BCUT2D eigenvalue weighted by molar-refractivity contribution is -0.137. The van der Waals surface area contributed by atoms with E-state index >= 15 is 0 Å². The molecular formula is C16H11BrClF4NO. The highest BCUT2D eigenvalue weighted by Crippen LogP contribution is 2.34. The van der Waals surface area contributed by atoms with Gasteiger partial charge in [-0.1, -0.05) is 45.7 Å². The van der Waals surface area contributed by atoms with Crippen LogP contribution in [0.5, 0.6) is 0 Å². The van der Waals surface area contributed by atoms with Crippen LogP contribution in [0.3, 0.4) is 0 Å². The first-order chi connectivity index (χ1) is 11.2. The van der Waals surface area contributed by atoms with Crippen molar-refractivity contribution in [2.24, 2.45) is 0 Å². The molecule has 2 nitrogen and oxygen atoms in total. The standard InChI is InChI=1S/C16H11BrClF4NO/c17-11(7-9-3-1-2-4-13(9)19)15(24)23-14-8-10(16(20,21)22)5-6-12(14)18/h1-6,8,11H,7H2,(H,23,24). The molecule has 2 aromatic carbocycles. The van der Waals surface area contributed by atoms with Crippen LogP contribution >= 0.6 is 27.5 Å². The molecule has 0 fully saturated rings. The van der Waals surface area contributed by atoms with E-state index in [1.165, 1.54) is 18.2 Å². The molecule has 0 aromatic heterocycles. The summed E-state index contributed by atoms with van der Waals surface area (Å²) in [6.07, 6.45) is -4.51. The van der Waals surface area contributed by atoms with Crippen LogP contribution in [-0.4, -0.2) is 10.7 Å². The fourth-order valence-electron chi connectivity index (χ4n) is 1.96. The van der Waals surface area contributed by atoms with E-state index in [9.17, 15) is 22.4 Å². The minimum Gasteiger partial charge on any atom is -0.324 e. The van der Waals surface area contributed by atoms with Crippen LogP contribution in [0.4, 0.5) is 23.2 Å². The third-order valence-electron chi connectivity index (χ3n) is 3.19. The molecule has 128 valence electrons. The van der Waals surface area contributed by atoms with E-state index in [0.717, 1.165) is 18.2 Å². The normalized spacial score (nSPS) is 12.8. The Hall–Kier alpha value is -1.60. The summed E-state index contributed by atoms with van der Waals surface area (Å²) >= 11 is 8.93. The van der Waals surface area contributed by atoms with Crippen molar-refractivity contribution in [1.82, 2.24) is 0 Å². The zero-order chi connectivity index (χ0) is 17.9. The van der Waals surface area contributed by atoms with Crippen LogP contribution < -0.4 is 5.32 Å². The van der Waals surface area contributed by atoms with Crippen molar-refractivity contribution in [3.8, 4) is 0 Å². The largest absolute Gasteiger partial charge is 0.416 e. The Morgan fingerprint density at radius 2 is 1.88 bits per heavy atom. The maximum Gasteiger partial charge on any atom is 0.416 e. The molecule has 8 heteroatoms. The van der Waals surface area contributed by atoms with Gasteiger partial charge < -0.3 is 5.32 Å². The summed E-state index contributed by atoms with van der Waals surface area (Å²) in [5.74, 6) is -1.09. The fourth-order valence-corrected chi connectivity index (χ4v) is 2.59. The highest BCUT2D eigenvalue weighted by Gasteiger charge is 2.31. The molecule has 2 aromatic rings. The number of benzene rings is 2. The molecule has 2 rings (SSSR count). The van der Waals surface area contributed by atoms with Crippen molar-refractivity contribution in [3.63, 3.8) is 0 Å². The lowest BCUT2D eigenvalue weighted by atomic mass is 10.1. The molecule has 0 saturated heterocycles. The average Bonchev–Trinajstić information content (AvgIpc) is 2.50. The van der Waals surface area contributed by atoms with Crippen molar-refractivity contribution in [2.45, 2.75) is 17.4 Å². The summed E-state index contributed by atoms with van der Waals surface area (Å²) in [4.78, 5) is 11.3. The minimum absolute atomic E-state index is 0.0260. The summed E-state index contributed by atoms with van der Waals surface area (Å²) in [6, 6.07) is 8.56. The monoisotopic (exact) mass is 423 g/mol. The summed E-state index contributed by atoms with van der Waals surface area (Å²) in [6.45, 7) is 0. The number of anilines is 1. The Morgan fingerprint density at radius 3 is 2.50 bits per heavy atom. The Morgan fingerprint density at radius 1 is 1.21 bits per heavy atom. The van der Waals surface area contributed by atoms with E-state index in [4.69, 9.17) is 11.6 Å². The average molecular weight is 425 g/mol. The van der Waals surface area contributed by atoms with E-state index in [1.807, 2.05) is 0 Å². The van der Waals surface area contributed by atoms with Gasteiger partial charge in [-0.3, -0.25) is 4.79 Å². The molecule has 1 atom stereocenters. The van der Waals surface area contributed by atoms with Gasteiger partial charge in [-0.2, -0.15) is 13.2 Å². The molecule has 0 spiro atoms. The van der Waals surface area contributed by atoms with Gasteiger partial charge in [0.15, 0.2) is 0 Å². The van der Waals surface area contributed by atoms with Crippen LogP contribution in [0.1, 0.15) is 11.1 Å². The molecule has 0 radical (unpaired) electrons. The number of hydrogen-bond acceptors (Lipinski definition) is 1. The van der Waals surface area contributed by atoms with Gasteiger partial charge in [0.25, 0.3) is 0 Å². The molecule has 0 aliphatic rings. The third-order valence-corrected chi connectivity index (χ3v) is 4.26. The van der Waals surface area contributed by atoms with E-state index in [-0.39, 0.29) is 17.1 Å². The molecule has 1 amide bonds. The van der Waals surface area contributed by atoms with Gasteiger partial charge in [0.1, 0.15) is 5.82 Å². The molecule has 24 heavy (non-hydrogen) atoms. The predicted molar refractivity (Wildman–Crippen MR) is 87.9 cm³/mol. The van der Waals surface area contributed by atoms with Gasteiger partial charge >= 0.3 is 6.18 Å². The fraction of sp³-hybridized carbons (Fsp3) is 0.188. The molecule has 1 unspecified atom stereocenters. The molecule has 0 aliphatic carbocycles. The second-order valence-electron chi connectivity index (χ2n) is 4.94. The summed E-state index contributed by atoms with van der Waals surface area (Å²) < 4.78 is 51.8. The zero-order valence-electron chi connectivity index (χ0n) is 12.0. The number of carbonyl (C=O) groups excluding carboxylic acids is 1. The van der Waals surface area contributed by atoms with Crippen LogP contribution in [0.2, 0.25) is 5.02 Å². The smallest absolute Gasteiger partial charge is 0.324 e. The van der Waals surface area contributed by atoms with Crippen LogP contribution in [-0.2, 0) is 17.4 Å². The van der Waals surface area contributed by atoms with E-state index in [2.05, 4.69) is 21.2 Å². The molecule has 0 saturated carbocycles. The second-order valence-corrected chi connectivity index (χ2v) is 6.46. The van der Waals surface area contributed by atoms with Gasteiger partial charge in [-0.25, -0.2) is 4.39 Å². The molecule has 0 aliphatic heterocycles. The maximum absolute atomic E-state index is 13.6. The highest BCUT2D eigenvalue weighted by molar-refractivity contribution is 9.10. The number of amides is 1. The Balaban J connectivity index is 2.13. The maximum atomic E-state index is 13.6. The number of alkyl halides is 4. The highest BCUT2D eigenvalue weighted by atomic mass is 79.9. The van der Waals surface area contributed by atoms with Crippen LogP contribution in [0, 0.1) is 5.82 Å². The summed E-state index contributed by atoms with van der Waals surface area (Å²) in [5, 5.41) is 2.30. The van der Waals surface area contributed by atoms with Crippen LogP contribution in [0.25, 0.3) is 0 Å². The Bertz CT molecular complexity index is 751. The van der Waals surface area contributed by atoms with Gasteiger partial charge in [0.05, 0.1) is 21.1 Å². The first-order valence-corrected chi connectivity index (χ1v) is 8.03. The zero-order valence-corrected chi connectivity index (χ0v) is 14.3. The summed E-state index contributed by atoms with van der Waals surface area (Å²) in [5.41, 5.74) is -0.776. The van der Waals surface area contributed by atoms with E-state index in [0.29, 0.717) is 5.56 Å². The number of hydrogen-bond donors (Lipinski definition) is 1. The number of carbonyl (C=O) groups is 1. The van der Waals surface area contributed by atoms with Crippen molar-refractivity contribution in [1.29, 1.82) is 0 Å². The first kappa shape index (κ1) is 18.7. The molecule has 0 bridgehead atoms. The van der Waals surface area contributed by atoms with Crippen LogP contribution in [0.15, 0.2) is 42.5 Å². The molecular weight excluding hydrogens is 414 g/mol. The van der Waals surface area contributed by atoms with E-state index in [1.54, 1.807) is 6.07 Å². The van der Waals surface area contributed by atoms with Gasteiger partial charge in [0, 0.05) is 0 Å². The topological polar surface area (TPSA) is 29.1 Å². The summed E-state index contributed by atoms with van der Waals surface area (Å²) in [7, 11) is 0. The number of halogens is 6. The minimum atomic E-state index is -4.55. The van der Waals surface area contributed by atoms with Crippen molar-refractivity contribution in [2.75, 3.05) is 5.32 Å². The first-order valence-electron chi connectivity index (χ1n) is 6.73. The lowest BCUT2D eigenvalue weighted by Gasteiger charge is -2.14. The SMILES string of the molecule is O=C(Nc1cc(C(F)(F)F)ccc1Cl)C(Br)Cc1ccccc1F. The Kier molecular flexibility index (Phi) is 5.87. The van der Waals surface area contributed by atoms with Crippen molar-refractivity contribution in [3.05, 3.63) is 64.4 Å². The number of nitrogens with one attached hydrogen (secondary N) is 1.